The van der Waals surface area contributed by atoms with Crippen molar-refractivity contribution in [2.45, 2.75) is 24.2 Å². The van der Waals surface area contributed by atoms with Crippen molar-refractivity contribution >= 4 is 29.1 Å². The number of alkyl halides is 2. The molecule has 0 spiro atoms. The number of aromatic nitrogens is 2. The summed E-state index contributed by atoms with van der Waals surface area (Å²) in [7, 11) is 0. The van der Waals surface area contributed by atoms with Crippen molar-refractivity contribution in [2.24, 2.45) is 5.41 Å². The van der Waals surface area contributed by atoms with E-state index in [1.54, 1.807) is 19.4 Å². The Bertz CT molecular complexity index is 391. The van der Waals surface area contributed by atoms with Crippen LogP contribution >= 0.6 is 23.2 Å². The zero-order chi connectivity index (χ0) is 11.8. The van der Waals surface area contributed by atoms with Gasteiger partial charge in [-0.25, -0.2) is 4.98 Å². The van der Waals surface area contributed by atoms with E-state index in [-0.39, 0.29) is 5.91 Å². The van der Waals surface area contributed by atoms with Crippen LogP contribution in [0.3, 0.4) is 0 Å². The third-order valence-electron chi connectivity index (χ3n) is 2.97. The van der Waals surface area contributed by atoms with Crippen molar-refractivity contribution in [3.05, 3.63) is 18.7 Å². The molecule has 1 fully saturated rings. The Kier molecular flexibility index (Phi) is 2.88. The van der Waals surface area contributed by atoms with E-state index < -0.39 is 9.75 Å². The first-order valence-electron chi connectivity index (χ1n) is 5.08. The molecule has 2 rings (SSSR count). The van der Waals surface area contributed by atoms with Crippen molar-refractivity contribution in [1.82, 2.24) is 14.9 Å². The van der Waals surface area contributed by atoms with Gasteiger partial charge in [-0.05, 0) is 13.3 Å². The van der Waals surface area contributed by atoms with Gasteiger partial charge in [0.1, 0.15) is 4.33 Å². The maximum Gasteiger partial charge on any atom is 0.229 e. The second-order valence-electron chi connectivity index (χ2n) is 4.27. The number of carbonyl (C=O) groups excluding carboxylic acids is 1. The molecular weight excluding hydrogens is 249 g/mol. The summed E-state index contributed by atoms with van der Waals surface area (Å²) < 4.78 is 0.996. The summed E-state index contributed by atoms with van der Waals surface area (Å²) in [5.41, 5.74) is -0.634. The number of imidazole rings is 1. The molecule has 1 saturated carbocycles. The van der Waals surface area contributed by atoms with Crippen molar-refractivity contribution in [2.75, 3.05) is 6.54 Å². The van der Waals surface area contributed by atoms with E-state index in [0.29, 0.717) is 19.5 Å². The molecule has 0 radical (unpaired) electrons. The topological polar surface area (TPSA) is 46.9 Å². The molecule has 4 nitrogen and oxygen atoms in total. The number of rotatable bonds is 4. The van der Waals surface area contributed by atoms with E-state index in [9.17, 15) is 4.79 Å². The monoisotopic (exact) mass is 261 g/mol. The molecule has 1 N–H and O–H groups in total. The molecule has 1 heterocycles. The minimum absolute atomic E-state index is 0.0855. The lowest BCUT2D eigenvalue weighted by atomic mass is 10.1. The summed E-state index contributed by atoms with van der Waals surface area (Å²) in [5.74, 6) is -0.0855. The highest BCUT2D eigenvalue weighted by Crippen LogP contribution is 2.63. The third kappa shape index (κ3) is 2.04. The van der Waals surface area contributed by atoms with Crippen LogP contribution in [0.1, 0.15) is 13.3 Å². The number of amides is 1. The van der Waals surface area contributed by atoms with Gasteiger partial charge in [0.25, 0.3) is 0 Å². The number of nitrogens with zero attached hydrogens (tertiary/aromatic N) is 2. The number of hydrogen-bond donors (Lipinski definition) is 1. The smallest absolute Gasteiger partial charge is 0.229 e. The quantitative estimate of drug-likeness (QED) is 0.837. The molecule has 0 aromatic carbocycles. The number of nitrogens with one attached hydrogen (secondary N) is 1. The highest BCUT2D eigenvalue weighted by atomic mass is 35.5. The minimum Gasteiger partial charge on any atom is -0.354 e. The van der Waals surface area contributed by atoms with E-state index in [2.05, 4.69) is 10.3 Å². The van der Waals surface area contributed by atoms with Gasteiger partial charge in [0, 0.05) is 25.5 Å². The fraction of sp³-hybridized carbons (Fsp3) is 0.600. The zero-order valence-electron chi connectivity index (χ0n) is 8.91. The van der Waals surface area contributed by atoms with E-state index in [0.717, 1.165) is 0 Å². The van der Waals surface area contributed by atoms with Crippen LogP contribution in [0.15, 0.2) is 18.7 Å². The first kappa shape index (κ1) is 11.7. The fourth-order valence-electron chi connectivity index (χ4n) is 1.56. The average molecular weight is 262 g/mol. The van der Waals surface area contributed by atoms with E-state index in [4.69, 9.17) is 23.2 Å². The van der Waals surface area contributed by atoms with Gasteiger partial charge in [0.05, 0.1) is 11.7 Å². The Hall–Kier alpha value is -0.740. The first-order valence-corrected chi connectivity index (χ1v) is 5.83. The normalized spacial score (nSPS) is 26.4. The van der Waals surface area contributed by atoms with Gasteiger partial charge < -0.3 is 9.88 Å². The maximum absolute atomic E-state index is 11.8. The SMILES string of the molecule is C[C@@]1(C(=O)NCCn2ccnc2)CC1(Cl)Cl. The molecule has 1 aromatic heterocycles. The van der Waals surface area contributed by atoms with Crippen molar-refractivity contribution in [1.29, 1.82) is 0 Å². The molecule has 1 aliphatic carbocycles. The molecule has 1 atom stereocenters. The van der Waals surface area contributed by atoms with Gasteiger partial charge in [-0.1, -0.05) is 0 Å². The molecule has 0 unspecified atom stereocenters. The van der Waals surface area contributed by atoms with Crippen molar-refractivity contribution in [3.8, 4) is 0 Å². The number of carbonyl (C=O) groups is 1. The summed E-state index contributed by atoms with van der Waals surface area (Å²) in [4.78, 5) is 15.7. The molecule has 6 heteroatoms. The van der Waals surface area contributed by atoms with Gasteiger partial charge in [0.2, 0.25) is 5.91 Å². The highest BCUT2D eigenvalue weighted by molar-refractivity contribution is 6.53. The lowest BCUT2D eigenvalue weighted by molar-refractivity contribution is -0.125. The summed E-state index contributed by atoms with van der Waals surface area (Å²) in [6.45, 7) is 3.02. The molecular formula is C10H13Cl2N3O. The summed E-state index contributed by atoms with van der Waals surface area (Å²) >= 11 is 11.8. The predicted molar refractivity (Wildman–Crippen MR) is 62.4 cm³/mol. The molecule has 0 aliphatic heterocycles. The van der Waals surface area contributed by atoms with Crippen LogP contribution in [0.4, 0.5) is 0 Å². The lowest BCUT2D eigenvalue weighted by Gasteiger charge is -2.12. The standard InChI is InChI=1S/C10H13Cl2N3O/c1-9(6-10(9,11)12)8(16)14-3-5-15-4-2-13-7-15/h2,4,7H,3,5-6H2,1H3,(H,14,16)/t9-/m0/s1. The summed E-state index contributed by atoms with van der Waals surface area (Å²) in [5, 5.41) is 2.82. The Morgan fingerprint density at radius 2 is 2.31 bits per heavy atom. The Labute approximate surface area is 104 Å². The average Bonchev–Trinajstić information content (AvgIpc) is 2.64. The lowest BCUT2D eigenvalue weighted by Crippen LogP contribution is -2.35. The van der Waals surface area contributed by atoms with Gasteiger partial charge >= 0.3 is 0 Å². The second-order valence-corrected chi connectivity index (χ2v) is 5.75. The highest BCUT2D eigenvalue weighted by Gasteiger charge is 2.67. The Morgan fingerprint density at radius 3 is 2.81 bits per heavy atom. The molecule has 16 heavy (non-hydrogen) atoms. The maximum atomic E-state index is 11.8. The van der Waals surface area contributed by atoms with Crippen LogP contribution in [0.25, 0.3) is 0 Å². The van der Waals surface area contributed by atoms with Crippen LogP contribution in [-0.2, 0) is 11.3 Å². The van der Waals surface area contributed by atoms with Crippen LogP contribution in [-0.4, -0.2) is 26.3 Å². The van der Waals surface area contributed by atoms with Crippen LogP contribution in [0, 0.1) is 5.41 Å². The molecule has 1 aromatic rings. The van der Waals surface area contributed by atoms with E-state index >= 15 is 0 Å². The summed E-state index contributed by atoms with van der Waals surface area (Å²) in [6, 6.07) is 0. The summed E-state index contributed by atoms with van der Waals surface area (Å²) in [6.07, 6.45) is 5.77. The Balaban J connectivity index is 1.77. The van der Waals surface area contributed by atoms with E-state index in [1.807, 2.05) is 10.8 Å². The zero-order valence-corrected chi connectivity index (χ0v) is 10.4. The molecule has 0 saturated heterocycles. The van der Waals surface area contributed by atoms with Crippen LogP contribution in [0.2, 0.25) is 0 Å². The van der Waals surface area contributed by atoms with E-state index in [1.165, 1.54) is 0 Å². The predicted octanol–water partition coefficient (Wildman–Crippen LogP) is 1.58. The van der Waals surface area contributed by atoms with Gasteiger partial charge in [-0.15, -0.1) is 23.2 Å². The van der Waals surface area contributed by atoms with Gasteiger partial charge in [-0.2, -0.15) is 0 Å². The largest absolute Gasteiger partial charge is 0.354 e. The first-order chi connectivity index (χ1) is 7.46. The second kappa shape index (κ2) is 3.93. The van der Waals surface area contributed by atoms with Crippen molar-refractivity contribution in [3.63, 3.8) is 0 Å². The number of hydrogen-bond acceptors (Lipinski definition) is 2. The molecule has 0 bridgehead atoms. The molecule has 88 valence electrons. The minimum atomic E-state index is -0.897. The Morgan fingerprint density at radius 1 is 1.62 bits per heavy atom. The van der Waals surface area contributed by atoms with Crippen molar-refractivity contribution < 1.29 is 4.79 Å². The third-order valence-corrected chi connectivity index (χ3v) is 4.08. The fourth-order valence-corrected chi connectivity index (χ4v) is 2.27. The van der Waals surface area contributed by atoms with Gasteiger partial charge in [-0.3, -0.25) is 4.79 Å². The van der Waals surface area contributed by atoms with Gasteiger partial charge in [0.15, 0.2) is 0 Å². The van der Waals surface area contributed by atoms with Crippen LogP contribution in [0.5, 0.6) is 0 Å². The van der Waals surface area contributed by atoms with Crippen LogP contribution < -0.4 is 5.32 Å². The number of halogens is 2. The molecule has 1 amide bonds. The molecule has 1 aliphatic rings.